The molecule has 0 unspecified atom stereocenters. The molecule has 43 heavy (non-hydrogen) atoms. The Morgan fingerprint density at radius 3 is 2.51 bits per heavy atom. The lowest BCUT2D eigenvalue weighted by molar-refractivity contribution is -0.117. The number of hydrogen-bond donors (Lipinski definition) is 2. The molecule has 0 bridgehead atoms. The normalized spacial score (nSPS) is 11.7. The third kappa shape index (κ3) is 7.59. The number of halogens is 2. The number of carbonyl (C=O) groups is 2. The van der Waals surface area contributed by atoms with Crippen LogP contribution in [0.15, 0.2) is 91.3 Å². The Bertz CT molecular complexity index is 1750. The number of benzene rings is 3. The Labute approximate surface area is 256 Å². The molecule has 3 aromatic carbocycles. The zero-order chi connectivity index (χ0) is 30.2. The van der Waals surface area contributed by atoms with Crippen molar-refractivity contribution in [3.63, 3.8) is 0 Å². The molecule has 0 saturated carbocycles. The van der Waals surface area contributed by atoms with Gasteiger partial charge in [0.15, 0.2) is 5.15 Å². The van der Waals surface area contributed by atoms with Crippen LogP contribution in [0.4, 0.5) is 10.5 Å². The van der Waals surface area contributed by atoms with E-state index in [1.54, 1.807) is 54.6 Å². The first-order valence-corrected chi connectivity index (χ1v) is 13.7. The van der Waals surface area contributed by atoms with Crippen molar-refractivity contribution in [2.75, 3.05) is 12.4 Å². The molecule has 5 rings (SSSR count). The summed E-state index contributed by atoms with van der Waals surface area (Å²) in [7, 11) is 1.29. The number of hydrogen-bond acceptors (Lipinski definition) is 8. The van der Waals surface area contributed by atoms with Crippen LogP contribution in [-0.4, -0.2) is 49.5 Å². The lowest BCUT2D eigenvalue weighted by Gasteiger charge is -2.18. The average molecular weight is 615 g/mol. The molecular formula is C30H24Cl2N8O3. The van der Waals surface area contributed by atoms with Crippen LogP contribution in [0.5, 0.6) is 0 Å². The van der Waals surface area contributed by atoms with Crippen LogP contribution in [0, 0.1) is 0 Å². The van der Waals surface area contributed by atoms with Gasteiger partial charge in [0.1, 0.15) is 6.33 Å². The van der Waals surface area contributed by atoms with Crippen LogP contribution in [-0.2, 0) is 16.0 Å². The van der Waals surface area contributed by atoms with Gasteiger partial charge in [0.2, 0.25) is 5.91 Å². The van der Waals surface area contributed by atoms with Gasteiger partial charge in [0, 0.05) is 27.9 Å². The predicted molar refractivity (Wildman–Crippen MR) is 163 cm³/mol. The molecule has 0 aliphatic rings. The Hall–Kier alpha value is -5.13. The highest BCUT2D eigenvalue weighted by atomic mass is 35.5. The van der Waals surface area contributed by atoms with Gasteiger partial charge in [-0.3, -0.25) is 10.1 Å². The van der Waals surface area contributed by atoms with Gasteiger partial charge in [0.05, 0.1) is 24.5 Å². The molecular weight excluding hydrogens is 591 g/mol. The zero-order valence-corrected chi connectivity index (χ0v) is 24.2. The molecule has 11 nitrogen and oxygen atoms in total. The van der Waals surface area contributed by atoms with E-state index in [0.29, 0.717) is 39.6 Å². The van der Waals surface area contributed by atoms with Gasteiger partial charge in [-0.1, -0.05) is 65.7 Å². The Morgan fingerprint density at radius 1 is 1.00 bits per heavy atom. The molecule has 1 atom stereocenters. The second-order valence-corrected chi connectivity index (χ2v) is 10.0. The van der Waals surface area contributed by atoms with Crippen LogP contribution in [0.25, 0.3) is 22.9 Å². The summed E-state index contributed by atoms with van der Waals surface area (Å²) in [6.45, 7) is 0. The standard InChI is InChI=1S/C30H24Cl2N8O3/c1-43-30(42)34-23-11-7-20(8-12-23)24-17-26(36-37-29(24)32)25(15-19-5-3-2-4-6-19)35-28(41)14-9-21-16-22(31)10-13-27(21)40-18-33-38-39-40/h2-14,16-18,25H,15H2,1H3,(H,34,42)(H,35,41)/b14-9+/t25-/m0/s1. The molecule has 0 fully saturated rings. The third-order valence-corrected chi connectivity index (χ3v) is 6.87. The first kappa shape index (κ1) is 29.4. The average Bonchev–Trinajstić information content (AvgIpc) is 3.56. The van der Waals surface area contributed by atoms with Crippen molar-refractivity contribution < 1.29 is 14.3 Å². The summed E-state index contributed by atoms with van der Waals surface area (Å²) in [5, 5.41) is 26.1. The smallest absolute Gasteiger partial charge is 0.411 e. The van der Waals surface area contributed by atoms with Crippen molar-refractivity contribution in [3.8, 4) is 16.8 Å². The SMILES string of the molecule is COC(=O)Nc1ccc(-c2cc([C@H](Cc3ccccc3)NC(=O)/C=C/c3cc(Cl)ccc3-n3cnnn3)nnc2Cl)cc1. The highest BCUT2D eigenvalue weighted by Gasteiger charge is 2.19. The van der Waals surface area contributed by atoms with Gasteiger partial charge in [0.25, 0.3) is 0 Å². The highest BCUT2D eigenvalue weighted by Crippen LogP contribution is 2.30. The summed E-state index contributed by atoms with van der Waals surface area (Å²) in [6, 6.07) is 23.2. The van der Waals surface area contributed by atoms with Crippen molar-refractivity contribution >= 4 is 47.0 Å². The molecule has 0 aliphatic heterocycles. The van der Waals surface area contributed by atoms with Crippen LogP contribution < -0.4 is 10.6 Å². The summed E-state index contributed by atoms with van der Waals surface area (Å²) < 4.78 is 6.12. The number of amides is 2. The summed E-state index contributed by atoms with van der Waals surface area (Å²) >= 11 is 12.7. The van der Waals surface area contributed by atoms with Gasteiger partial charge < -0.3 is 10.1 Å². The monoisotopic (exact) mass is 614 g/mol. The molecule has 0 saturated heterocycles. The van der Waals surface area contributed by atoms with Gasteiger partial charge in [-0.2, -0.15) is 9.78 Å². The van der Waals surface area contributed by atoms with Crippen molar-refractivity contribution in [1.29, 1.82) is 0 Å². The molecule has 2 amide bonds. The summed E-state index contributed by atoms with van der Waals surface area (Å²) in [5.41, 5.74) is 4.72. The topological polar surface area (TPSA) is 137 Å². The number of ether oxygens (including phenoxy) is 1. The van der Waals surface area contributed by atoms with Gasteiger partial charge in [-0.05, 0) is 70.4 Å². The van der Waals surface area contributed by atoms with Crippen LogP contribution >= 0.6 is 23.2 Å². The maximum atomic E-state index is 13.2. The van der Waals surface area contributed by atoms with Crippen LogP contribution in [0.2, 0.25) is 10.2 Å². The molecule has 5 aromatic rings. The minimum absolute atomic E-state index is 0.193. The van der Waals surface area contributed by atoms with Crippen molar-refractivity contribution in [2.45, 2.75) is 12.5 Å². The molecule has 0 spiro atoms. The maximum Gasteiger partial charge on any atom is 0.411 e. The predicted octanol–water partition coefficient (Wildman–Crippen LogP) is 5.72. The molecule has 13 heteroatoms. The fourth-order valence-corrected chi connectivity index (χ4v) is 4.65. The second kappa shape index (κ2) is 13.7. The number of methoxy groups -OCH3 is 1. The molecule has 2 N–H and O–H groups in total. The number of aromatic nitrogens is 6. The fourth-order valence-electron chi connectivity index (χ4n) is 4.27. The van der Waals surface area contributed by atoms with Crippen molar-refractivity contribution in [1.82, 2.24) is 35.7 Å². The molecule has 2 aromatic heterocycles. The van der Waals surface area contributed by atoms with E-state index < -0.39 is 12.1 Å². The van der Waals surface area contributed by atoms with Gasteiger partial charge in [-0.15, -0.1) is 10.2 Å². The van der Waals surface area contributed by atoms with Gasteiger partial charge >= 0.3 is 6.09 Å². The van der Waals surface area contributed by atoms with E-state index >= 15 is 0 Å². The highest BCUT2D eigenvalue weighted by molar-refractivity contribution is 6.32. The van der Waals surface area contributed by atoms with Crippen LogP contribution in [0.3, 0.4) is 0 Å². The van der Waals surface area contributed by atoms with Crippen LogP contribution in [0.1, 0.15) is 22.9 Å². The van der Waals surface area contributed by atoms with E-state index in [-0.39, 0.29) is 11.1 Å². The number of carbonyl (C=O) groups excluding carboxylic acids is 2. The van der Waals surface area contributed by atoms with E-state index in [1.807, 2.05) is 30.3 Å². The van der Waals surface area contributed by atoms with E-state index in [0.717, 1.165) is 11.1 Å². The first-order valence-electron chi connectivity index (χ1n) is 12.9. The van der Waals surface area contributed by atoms with Crippen molar-refractivity contribution in [2.24, 2.45) is 0 Å². The number of rotatable bonds is 9. The van der Waals surface area contributed by atoms with Gasteiger partial charge in [-0.25, -0.2) is 4.79 Å². The summed E-state index contributed by atoms with van der Waals surface area (Å²) in [5.74, 6) is -0.361. The Morgan fingerprint density at radius 2 is 1.79 bits per heavy atom. The first-order chi connectivity index (χ1) is 20.9. The zero-order valence-electron chi connectivity index (χ0n) is 22.7. The molecule has 0 aliphatic carbocycles. The number of anilines is 1. The van der Waals surface area contributed by atoms with E-state index in [1.165, 1.54) is 24.2 Å². The Kier molecular flexibility index (Phi) is 9.35. The molecule has 2 heterocycles. The number of tetrazole rings is 1. The largest absolute Gasteiger partial charge is 0.453 e. The summed E-state index contributed by atoms with van der Waals surface area (Å²) in [6.07, 6.45) is 4.38. The fraction of sp³-hybridized carbons (Fsp3) is 0.100. The van der Waals surface area contributed by atoms with E-state index in [9.17, 15) is 9.59 Å². The van der Waals surface area contributed by atoms with Crippen molar-refractivity contribution in [3.05, 3.63) is 118 Å². The summed E-state index contributed by atoms with van der Waals surface area (Å²) in [4.78, 5) is 24.8. The third-order valence-electron chi connectivity index (χ3n) is 6.35. The van der Waals surface area contributed by atoms with E-state index in [4.69, 9.17) is 23.2 Å². The second-order valence-electron chi connectivity index (χ2n) is 9.21. The lowest BCUT2D eigenvalue weighted by atomic mass is 10.00. The van der Waals surface area contributed by atoms with E-state index in [2.05, 4.69) is 41.1 Å². The maximum absolute atomic E-state index is 13.2. The number of nitrogens with zero attached hydrogens (tertiary/aromatic N) is 6. The minimum atomic E-state index is -0.575. The number of nitrogens with one attached hydrogen (secondary N) is 2. The lowest BCUT2D eigenvalue weighted by Crippen LogP contribution is -2.29. The molecule has 216 valence electrons. The molecule has 0 radical (unpaired) electrons. The Balaban J connectivity index is 1.42. The minimum Gasteiger partial charge on any atom is -0.453 e. The quantitative estimate of drug-likeness (QED) is 0.201.